The van der Waals surface area contributed by atoms with Crippen LogP contribution in [0.2, 0.25) is 0 Å². The molecule has 1 aliphatic rings. The van der Waals surface area contributed by atoms with Crippen molar-refractivity contribution in [2.45, 2.75) is 19.8 Å². The number of hydrogen-bond acceptors (Lipinski definition) is 5. The molecule has 1 saturated heterocycles. The zero-order valence-corrected chi connectivity index (χ0v) is 18.1. The molecule has 6 nitrogen and oxygen atoms in total. The summed E-state index contributed by atoms with van der Waals surface area (Å²) in [6, 6.07) is 11.4. The van der Waals surface area contributed by atoms with Gasteiger partial charge in [0.2, 0.25) is 0 Å². The Balaban J connectivity index is 1.28. The van der Waals surface area contributed by atoms with E-state index in [9.17, 15) is 14.0 Å². The van der Waals surface area contributed by atoms with Crippen molar-refractivity contribution in [3.8, 4) is 5.75 Å². The number of benzene rings is 2. The molecule has 1 aliphatic heterocycles. The van der Waals surface area contributed by atoms with Crippen molar-refractivity contribution in [2.24, 2.45) is 5.92 Å². The molecule has 2 N–H and O–H groups in total. The number of carbonyl (C=O) groups is 2. The summed E-state index contributed by atoms with van der Waals surface area (Å²) in [5.74, 6) is 0.358. The summed E-state index contributed by atoms with van der Waals surface area (Å²) in [7, 11) is 0. The Morgan fingerprint density at radius 2 is 1.94 bits per heavy atom. The number of fused-ring (bicyclic) bond motifs is 1. The molecule has 2 heterocycles. The topological polar surface area (TPSA) is 72.7 Å². The Labute approximate surface area is 184 Å². The van der Waals surface area contributed by atoms with E-state index in [1.54, 1.807) is 12.1 Å². The molecule has 0 spiro atoms. The number of carbonyl (C=O) groups excluding carboxylic acids is 2. The number of nitrogens with one attached hydrogen (secondary N) is 2. The first-order valence-corrected chi connectivity index (χ1v) is 11.3. The molecule has 1 amide bonds. The van der Waals surface area contributed by atoms with Crippen molar-refractivity contribution in [3.63, 3.8) is 0 Å². The van der Waals surface area contributed by atoms with E-state index in [2.05, 4.69) is 10.3 Å². The molecule has 4 rings (SSSR count). The van der Waals surface area contributed by atoms with Crippen LogP contribution in [0.4, 0.5) is 9.52 Å². The van der Waals surface area contributed by atoms with Crippen LogP contribution in [0.15, 0.2) is 42.5 Å². The molecular weight excluding hydrogens is 417 g/mol. The number of amides is 1. The first kappa shape index (κ1) is 21.4. The summed E-state index contributed by atoms with van der Waals surface area (Å²) >= 11 is 1.43. The van der Waals surface area contributed by atoms with Crippen molar-refractivity contribution in [3.05, 3.63) is 53.8 Å². The third kappa shape index (κ3) is 5.26. The molecule has 0 bridgehead atoms. The third-order valence-corrected chi connectivity index (χ3v) is 6.45. The van der Waals surface area contributed by atoms with E-state index in [0.29, 0.717) is 23.8 Å². The first-order chi connectivity index (χ1) is 15.0. The monoisotopic (exact) mass is 442 g/mol. The summed E-state index contributed by atoms with van der Waals surface area (Å²) in [6.45, 7) is 4.39. The highest BCUT2D eigenvalue weighted by Gasteiger charge is 2.29. The van der Waals surface area contributed by atoms with Crippen molar-refractivity contribution >= 4 is 38.4 Å². The molecule has 3 aromatic rings. The van der Waals surface area contributed by atoms with Gasteiger partial charge in [0.25, 0.3) is 5.91 Å². The van der Waals surface area contributed by atoms with Crippen molar-refractivity contribution < 1.29 is 23.6 Å². The van der Waals surface area contributed by atoms with Gasteiger partial charge in [-0.25, -0.2) is 9.37 Å². The highest BCUT2D eigenvalue weighted by atomic mass is 32.1. The molecular formula is C23H25FN3O3S+. The van der Waals surface area contributed by atoms with E-state index in [0.717, 1.165) is 46.8 Å². The first-order valence-electron chi connectivity index (χ1n) is 10.5. The molecule has 0 saturated carbocycles. The smallest absolute Gasteiger partial charge is 0.281 e. The minimum absolute atomic E-state index is 0.0596. The van der Waals surface area contributed by atoms with Crippen LogP contribution in [0.25, 0.3) is 10.2 Å². The maximum Gasteiger partial charge on any atom is 0.281 e. The lowest BCUT2D eigenvalue weighted by atomic mass is 9.89. The SMILES string of the molecule is CCOc1ccc2nc(NC(=O)C[NH+]3CCC(C(=O)c4ccc(F)cc4)CC3)sc2c1. The molecule has 162 valence electrons. The highest BCUT2D eigenvalue weighted by molar-refractivity contribution is 7.22. The Bertz CT molecular complexity index is 1080. The van der Waals surface area contributed by atoms with Gasteiger partial charge >= 0.3 is 0 Å². The fraction of sp³-hybridized carbons (Fsp3) is 0.348. The molecule has 1 fully saturated rings. The quantitative estimate of drug-likeness (QED) is 0.552. The van der Waals surface area contributed by atoms with Gasteiger partial charge in [-0.05, 0) is 49.4 Å². The molecule has 0 atom stereocenters. The number of halogens is 1. The van der Waals surface area contributed by atoms with Gasteiger partial charge in [-0.2, -0.15) is 0 Å². The number of piperidine rings is 1. The van der Waals surface area contributed by atoms with Crippen LogP contribution in [-0.2, 0) is 4.79 Å². The minimum Gasteiger partial charge on any atom is -0.494 e. The molecule has 0 unspecified atom stereocenters. The number of hydrogen-bond donors (Lipinski definition) is 2. The molecule has 1 aromatic heterocycles. The summed E-state index contributed by atoms with van der Waals surface area (Å²) in [4.78, 5) is 30.7. The third-order valence-electron chi connectivity index (χ3n) is 5.52. The molecule has 31 heavy (non-hydrogen) atoms. The van der Waals surface area contributed by atoms with E-state index >= 15 is 0 Å². The maximum absolute atomic E-state index is 13.1. The van der Waals surface area contributed by atoms with E-state index in [1.807, 2.05) is 25.1 Å². The van der Waals surface area contributed by atoms with Crippen LogP contribution < -0.4 is 15.0 Å². The van der Waals surface area contributed by atoms with Gasteiger partial charge in [0, 0.05) is 24.3 Å². The average Bonchev–Trinajstić information content (AvgIpc) is 3.16. The summed E-state index contributed by atoms with van der Waals surface area (Å²) in [6.07, 6.45) is 1.44. The summed E-state index contributed by atoms with van der Waals surface area (Å²) in [5.41, 5.74) is 1.38. The van der Waals surface area contributed by atoms with Gasteiger partial charge in [-0.1, -0.05) is 11.3 Å². The van der Waals surface area contributed by atoms with Crippen molar-refractivity contribution in [2.75, 3.05) is 31.6 Å². The predicted octanol–water partition coefficient (Wildman–Crippen LogP) is 2.95. The van der Waals surface area contributed by atoms with Crippen LogP contribution in [0, 0.1) is 11.7 Å². The highest BCUT2D eigenvalue weighted by Crippen LogP contribution is 2.29. The Morgan fingerprint density at radius 3 is 2.65 bits per heavy atom. The van der Waals surface area contributed by atoms with Gasteiger partial charge in [-0.3, -0.25) is 14.9 Å². The van der Waals surface area contributed by atoms with Crippen molar-refractivity contribution in [1.82, 2.24) is 4.98 Å². The fourth-order valence-corrected chi connectivity index (χ4v) is 4.83. The van der Waals surface area contributed by atoms with E-state index in [4.69, 9.17) is 4.74 Å². The normalized spacial score (nSPS) is 18.6. The van der Waals surface area contributed by atoms with Crippen LogP contribution >= 0.6 is 11.3 Å². The molecule has 0 radical (unpaired) electrons. The number of Topliss-reactive ketones (excluding diaryl/α,β-unsaturated/α-hetero) is 1. The zero-order chi connectivity index (χ0) is 21.8. The molecule has 2 aromatic carbocycles. The van der Waals surface area contributed by atoms with Gasteiger partial charge < -0.3 is 9.64 Å². The van der Waals surface area contributed by atoms with Crippen molar-refractivity contribution in [1.29, 1.82) is 0 Å². The number of aromatic nitrogens is 1. The molecule has 0 aliphatic carbocycles. The number of thiazole rings is 1. The number of ketones is 1. The lowest BCUT2D eigenvalue weighted by Crippen LogP contribution is -3.14. The predicted molar refractivity (Wildman–Crippen MR) is 118 cm³/mol. The Morgan fingerprint density at radius 1 is 1.19 bits per heavy atom. The summed E-state index contributed by atoms with van der Waals surface area (Å²) < 4.78 is 19.5. The second-order valence-corrected chi connectivity index (χ2v) is 8.73. The van der Waals surface area contributed by atoms with Gasteiger partial charge in [0.1, 0.15) is 11.6 Å². The summed E-state index contributed by atoms with van der Waals surface area (Å²) in [5, 5.41) is 3.48. The standard InChI is InChI=1S/C23H24FN3O3S/c1-2-30-18-7-8-19-20(13-18)31-23(25-19)26-21(28)14-27-11-9-16(10-12-27)22(29)15-3-5-17(24)6-4-15/h3-8,13,16H,2,9-12,14H2,1H3,(H,25,26,28)/p+1. The minimum atomic E-state index is -0.343. The van der Waals surface area contributed by atoms with Crippen LogP contribution in [0.5, 0.6) is 5.75 Å². The van der Waals surface area contributed by atoms with Gasteiger partial charge in [0.05, 0.1) is 29.9 Å². The number of anilines is 1. The number of quaternary nitrogens is 1. The van der Waals surface area contributed by atoms with Crippen LogP contribution in [0.1, 0.15) is 30.1 Å². The zero-order valence-electron chi connectivity index (χ0n) is 17.3. The van der Waals surface area contributed by atoms with Crippen LogP contribution in [-0.4, -0.2) is 42.9 Å². The number of ether oxygens (including phenoxy) is 1. The van der Waals surface area contributed by atoms with Gasteiger partial charge in [0.15, 0.2) is 17.5 Å². The number of rotatable bonds is 7. The van der Waals surface area contributed by atoms with E-state index in [1.165, 1.54) is 23.5 Å². The number of likely N-dealkylation sites (tertiary alicyclic amines) is 1. The fourth-order valence-electron chi connectivity index (χ4n) is 3.92. The largest absolute Gasteiger partial charge is 0.494 e. The molecule has 8 heteroatoms. The van der Waals surface area contributed by atoms with E-state index < -0.39 is 0 Å². The van der Waals surface area contributed by atoms with E-state index in [-0.39, 0.29) is 23.4 Å². The van der Waals surface area contributed by atoms with Gasteiger partial charge in [-0.15, -0.1) is 0 Å². The average molecular weight is 443 g/mol. The Kier molecular flexibility index (Phi) is 6.58. The lowest BCUT2D eigenvalue weighted by molar-refractivity contribution is -0.897. The second kappa shape index (κ2) is 9.53. The lowest BCUT2D eigenvalue weighted by Gasteiger charge is -2.28. The Hall–Kier alpha value is -2.84. The number of nitrogens with zero attached hydrogens (tertiary/aromatic N) is 1. The second-order valence-electron chi connectivity index (χ2n) is 7.70. The van der Waals surface area contributed by atoms with Crippen LogP contribution in [0.3, 0.4) is 0 Å². The maximum atomic E-state index is 13.1.